The van der Waals surface area contributed by atoms with Crippen molar-refractivity contribution in [2.75, 3.05) is 47.2 Å². The van der Waals surface area contributed by atoms with E-state index < -0.39 is 23.1 Å². The van der Waals surface area contributed by atoms with E-state index in [0.29, 0.717) is 61.3 Å². The summed E-state index contributed by atoms with van der Waals surface area (Å²) in [6, 6.07) is 4.54. The van der Waals surface area contributed by atoms with Crippen molar-refractivity contribution >= 4 is 12.4 Å². The molecule has 34 heavy (non-hydrogen) atoms. The lowest BCUT2D eigenvalue weighted by atomic mass is 9.91. The van der Waals surface area contributed by atoms with Crippen molar-refractivity contribution in [2.45, 2.75) is 18.9 Å². The summed E-state index contributed by atoms with van der Waals surface area (Å²) in [6.45, 7) is 2.70. The minimum Gasteiger partial charge on any atom is -0.502 e. The van der Waals surface area contributed by atoms with Crippen molar-refractivity contribution in [2.24, 2.45) is 0 Å². The molecule has 1 saturated heterocycles. The second-order valence-electron chi connectivity index (χ2n) is 8.00. The zero-order valence-electron chi connectivity index (χ0n) is 18.9. The fourth-order valence-electron chi connectivity index (χ4n) is 4.08. The van der Waals surface area contributed by atoms with Gasteiger partial charge in [0.15, 0.2) is 17.3 Å². The van der Waals surface area contributed by atoms with E-state index in [-0.39, 0.29) is 19.0 Å². The summed E-state index contributed by atoms with van der Waals surface area (Å²) in [6.07, 6.45) is 0.616. The van der Waals surface area contributed by atoms with Gasteiger partial charge in [-0.15, -0.1) is 0 Å². The van der Waals surface area contributed by atoms with Crippen molar-refractivity contribution in [1.29, 1.82) is 0 Å². The first kappa shape index (κ1) is 23.4. The van der Waals surface area contributed by atoms with Crippen LogP contribution in [0.25, 0.3) is 0 Å². The van der Waals surface area contributed by atoms with Gasteiger partial charge in [-0.2, -0.15) is 0 Å². The normalized spacial score (nSPS) is 16.2. The van der Waals surface area contributed by atoms with Gasteiger partial charge >= 0.3 is 5.97 Å². The third kappa shape index (κ3) is 4.79. The number of hydrogen-bond donors (Lipinski definition) is 1. The van der Waals surface area contributed by atoms with Crippen LogP contribution in [0.3, 0.4) is 0 Å². The Morgan fingerprint density at radius 1 is 1.18 bits per heavy atom. The Morgan fingerprint density at radius 2 is 1.94 bits per heavy atom. The third-order valence-electron chi connectivity index (χ3n) is 5.93. The number of aromatic hydroxyl groups is 1. The topological polar surface area (TPSA) is 128 Å². The average Bonchev–Trinajstić information content (AvgIpc) is 3.33. The molecule has 1 fully saturated rings. The van der Waals surface area contributed by atoms with Gasteiger partial charge in [-0.05, 0) is 17.7 Å². The maximum absolute atomic E-state index is 12.6. The number of esters is 1. The number of ether oxygens (including phenoxy) is 4. The molecule has 1 aromatic heterocycles. The van der Waals surface area contributed by atoms with Gasteiger partial charge in [-0.3, -0.25) is 19.3 Å². The molecule has 11 nitrogen and oxygen atoms in total. The van der Waals surface area contributed by atoms with Gasteiger partial charge in [0, 0.05) is 32.2 Å². The smallest absolute Gasteiger partial charge is 0.306 e. The van der Waals surface area contributed by atoms with Gasteiger partial charge in [-0.25, -0.2) is 0 Å². The summed E-state index contributed by atoms with van der Waals surface area (Å²) in [5, 5.41) is 10.6. The van der Waals surface area contributed by atoms with E-state index in [1.54, 1.807) is 17.0 Å². The Hall–Kier alpha value is -3.73. The van der Waals surface area contributed by atoms with Crippen LogP contribution in [0.1, 0.15) is 29.4 Å². The van der Waals surface area contributed by atoms with Crippen molar-refractivity contribution in [3.63, 3.8) is 0 Å². The fraction of sp³-hybridized carbons (Fsp3) is 0.435. The molecule has 2 aromatic rings. The Morgan fingerprint density at radius 3 is 2.62 bits per heavy atom. The number of methoxy groups -OCH3 is 2. The second-order valence-corrected chi connectivity index (χ2v) is 8.00. The van der Waals surface area contributed by atoms with E-state index in [1.807, 2.05) is 4.90 Å². The molecular weight excluding hydrogens is 448 g/mol. The van der Waals surface area contributed by atoms with Gasteiger partial charge < -0.3 is 33.4 Å². The van der Waals surface area contributed by atoms with E-state index in [4.69, 9.17) is 23.4 Å². The van der Waals surface area contributed by atoms with Gasteiger partial charge in [0.1, 0.15) is 5.76 Å². The number of fused-ring (bicyclic) bond motifs is 1. The largest absolute Gasteiger partial charge is 0.502 e. The second kappa shape index (κ2) is 10.0. The van der Waals surface area contributed by atoms with E-state index in [0.717, 1.165) is 6.41 Å². The van der Waals surface area contributed by atoms with Crippen LogP contribution in [-0.2, 0) is 20.9 Å². The third-order valence-corrected chi connectivity index (χ3v) is 5.93. The number of benzene rings is 1. The predicted molar refractivity (Wildman–Crippen MR) is 117 cm³/mol. The van der Waals surface area contributed by atoms with Crippen LogP contribution < -0.4 is 19.6 Å². The lowest BCUT2D eigenvalue weighted by molar-refractivity contribution is -0.141. The molecule has 1 aromatic carbocycles. The number of rotatable bonds is 8. The zero-order valence-corrected chi connectivity index (χ0v) is 18.9. The van der Waals surface area contributed by atoms with Gasteiger partial charge in [0.2, 0.25) is 30.1 Å². The molecule has 0 saturated carbocycles. The first-order valence-electron chi connectivity index (χ1n) is 10.8. The molecule has 0 unspecified atom stereocenters. The minimum atomic E-state index is -0.851. The van der Waals surface area contributed by atoms with Crippen LogP contribution >= 0.6 is 0 Å². The summed E-state index contributed by atoms with van der Waals surface area (Å²) in [5.74, 6) is -0.493. The molecule has 2 aliphatic rings. The predicted octanol–water partition coefficient (Wildman–Crippen LogP) is 1.05. The minimum absolute atomic E-state index is 0.0179. The molecule has 1 atom stereocenters. The first-order chi connectivity index (χ1) is 16.4. The van der Waals surface area contributed by atoms with Crippen molar-refractivity contribution in [1.82, 2.24) is 9.80 Å². The Labute approximate surface area is 195 Å². The molecule has 4 rings (SSSR count). The van der Waals surface area contributed by atoms with Gasteiger partial charge in [0.25, 0.3) is 0 Å². The molecule has 0 spiro atoms. The molecule has 1 N–H and O–H groups in total. The number of piperazine rings is 1. The number of nitrogens with zero attached hydrogens (tertiary/aromatic N) is 2. The van der Waals surface area contributed by atoms with Crippen molar-refractivity contribution in [3.05, 3.63) is 45.5 Å². The van der Waals surface area contributed by atoms with E-state index in [2.05, 4.69) is 0 Å². The number of hydrogen-bond acceptors (Lipinski definition) is 10. The maximum atomic E-state index is 12.6. The Bertz CT molecular complexity index is 1120. The quantitative estimate of drug-likeness (QED) is 0.438. The highest BCUT2D eigenvalue weighted by molar-refractivity contribution is 5.71. The highest BCUT2D eigenvalue weighted by Gasteiger charge is 2.30. The number of carbonyl (C=O) groups is 2. The molecule has 3 heterocycles. The van der Waals surface area contributed by atoms with Crippen LogP contribution in [0.2, 0.25) is 0 Å². The van der Waals surface area contributed by atoms with Crippen LogP contribution in [0.15, 0.2) is 27.4 Å². The molecule has 0 aliphatic carbocycles. The summed E-state index contributed by atoms with van der Waals surface area (Å²) in [5.41, 5.74) is -0.105. The van der Waals surface area contributed by atoms with Crippen LogP contribution in [0.4, 0.5) is 0 Å². The van der Waals surface area contributed by atoms with Gasteiger partial charge in [0.05, 0.1) is 33.1 Å². The van der Waals surface area contributed by atoms with E-state index >= 15 is 0 Å². The van der Waals surface area contributed by atoms with Crippen LogP contribution in [-0.4, -0.2) is 74.5 Å². The molecule has 1 amide bonds. The summed E-state index contributed by atoms with van der Waals surface area (Å²) < 4.78 is 27.2. The first-order valence-corrected chi connectivity index (χ1v) is 10.8. The average molecular weight is 474 g/mol. The lowest BCUT2D eigenvalue weighted by Crippen LogP contribution is -2.45. The fourth-order valence-corrected chi connectivity index (χ4v) is 4.08. The molecule has 11 heteroatoms. The summed E-state index contributed by atoms with van der Waals surface area (Å²) in [7, 11) is 2.73. The SMILES string of the molecule is COC(=O)C[C@H](c1cc(OC)c2c(c1)OCO2)c1oc(CN2CCN(C=O)CC2)cc(=O)c1O. The van der Waals surface area contributed by atoms with E-state index in [9.17, 15) is 19.5 Å². The Balaban J connectivity index is 1.71. The number of amides is 1. The monoisotopic (exact) mass is 474 g/mol. The number of carbonyl (C=O) groups excluding carboxylic acids is 2. The lowest BCUT2D eigenvalue weighted by Gasteiger charge is -2.32. The van der Waals surface area contributed by atoms with E-state index in [1.165, 1.54) is 20.3 Å². The van der Waals surface area contributed by atoms with Crippen molar-refractivity contribution in [3.8, 4) is 23.0 Å². The zero-order chi connectivity index (χ0) is 24.2. The summed E-state index contributed by atoms with van der Waals surface area (Å²) >= 11 is 0. The van der Waals surface area contributed by atoms with Crippen LogP contribution in [0, 0.1) is 0 Å². The molecule has 0 radical (unpaired) electrons. The maximum Gasteiger partial charge on any atom is 0.306 e. The Kier molecular flexibility index (Phi) is 6.92. The summed E-state index contributed by atoms with van der Waals surface area (Å²) in [4.78, 5) is 39.6. The molecular formula is C23H26N2O9. The highest BCUT2D eigenvalue weighted by Crippen LogP contribution is 2.45. The molecule has 182 valence electrons. The van der Waals surface area contributed by atoms with Crippen molar-refractivity contribution < 1.29 is 38.1 Å². The standard InChI is InChI=1S/C23H26N2O9/c1-30-18-7-14(8-19-23(18)33-13-32-19)16(10-20(28)31-2)22-21(29)17(27)9-15(34-22)11-24-3-5-25(12-26)6-4-24/h7-9,12,16,29H,3-6,10-11,13H2,1-2H3/t16-/m1/s1. The molecule has 2 aliphatic heterocycles. The van der Waals surface area contributed by atoms with Crippen LogP contribution in [0.5, 0.6) is 23.0 Å². The van der Waals surface area contributed by atoms with Gasteiger partial charge in [-0.1, -0.05) is 0 Å². The highest BCUT2D eigenvalue weighted by atomic mass is 16.7. The molecule has 0 bridgehead atoms.